The highest BCUT2D eigenvalue weighted by atomic mass is 32.1. The number of nitrogens with two attached hydrogens (primary N) is 1. The number of nitrogens with zero attached hydrogens (tertiary/aromatic N) is 2. The third-order valence-corrected chi connectivity index (χ3v) is 2.39. The van der Waals surface area contributed by atoms with Crippen LogP contribution in [0.25, 0.3) is 0 Å². The summed E-state index contributed by atoms with van der Waals surface area (Å²) in [6.07, 6.45) is 0.677. The maximum absolute atomic E-state index is 5.73. The summed E-state index contributed by atoms with van der Waals surface area (Å²) in [4.78, 5) is 8.56. The molecule has 3 nitrogen and oxygen atoms in total. The van der Waals surface area contributed by atoms with E-state index in [0.29, 0.717) is 12.3 Å². The lowest BCUT2D eigenvalue weighted by molar-refractivity contribution is 0.829. The fraction of sp³-hybridized carbons (Fsp3) is 0.556. The smallest absolute Gasteiger partial charge is 0.101 e. The lowest BCUT2D eigenvalue weighted by Crippen LogP contribution is -2.17. The Labute approximate surface area is 82.7 Å². The normalized spacial score (nSPS) is 12.5. The minimum absolute atomic E-state index is 0.265. The van der Waals surface area contributed by atoms with Gasteiger partial charge in [0.2, 0.25) is 0 Å². The lowest BCUT2D eigenvalue weighted by atomic mass is 10.3. The van der Waals surface area contributed by atoms with Crippen LogP contribution >= 0.6 is 11.3 Å². The van der Waals surface area contributed by atoms with Crippen LogP contribution in [-0.4, -0.2) is 16.9 Å². The molecular weight excluding hydrogens is 182 g/mol. The molecule has 0 bridgehead atoms. The molecule has 1 heterocycles. The second-order valence-corrected chi connectivity index (χ2v) is 4.22. The minimum Gasteiger partial charge on any atom is -0.387 e. The zero-order valence-electron chi connectivity index (χ0n) is 8.24. The van der Waals surface area contributed by atoms with Crippen LogP contribution in [0.2, 0.25) is 0 Å². The Morgan fingerprint density at radius 2 is 2.38 bits per heavy atom. The zero-order chi connectivity index (χ0) is 9.84. The van der Waals surface area contributed by atoms with E-state index in [1.54, 1.807) is 11.3 Å². The molecule has 0 aliphatic carbocycles. The van der Waals surface area contributed by atoms with Crippen LogP contribution in [0, 0.1) is 6.92 Å². The second-order valence-electron chi connectivity index (χ2n) is 3.27. The van der Waals surface area contributed by atoms with Gasteiger partial charge >= 0.3 is 0 Å². The molecule has 0 saturated carbocycles. The molecule has 0 saturated heterocycles. The first-order valence-electron chi connectivity index (χ1n) is 4.31. The second kappa shape index (κ2) is 4.37. The van der Waals surface area contributed by atoms with Gasteiger partial charge in [-0.3, -0.25) is 4.99 Å². The molecule has 0 radical (unpaired) electrons. The average Bonchev–Trinajstić information content (AvgIpc) is 2.33. The summed E-state index contributed by atoms with van der Waals surface area (Å²) >= 11 is 1.63. The molecule has 0 spiro atoms. The predicted octanol–water partition coefficient (Wildman–Crippen LogP) is 1.76. The van der Waals surface area contributed by atoms with Crippen LogP contribution in [0.4, 0.5) is 0 Å². The van der Waals surface area contributed by atoms with Crippen molar-refractivity contribution >= 4 is 17.2 Å². The molecule has 2 N–H and O–H groups in total. The van der Waals surface area contributed by atoms with E-state index in [2.05, 4.69) is 9.98 Å². The van der Waals surface area contributed by atoms with Crippen molar-refractivity contribution < 1.29 is 0 Å². The molecule has 0 atom stereocenters. The average molecular weight is 197 g/mol. The van der Waals surface area contributed by atoms with Gasteiger partial charge in [0.25, 0.3) is 0 Å². The van der Waals surface area contributed by atoms with Crippen molar-refractivity contribution in [3.63, 3.8) is 0 Å². The van der Waals surface area contributed by atoms with Crippen LogP contribution in [0.5, 0.6) is 0 Å². The van der Waals surface area contributed by atoms with Gasteiger partial charge in [-0.2, -0.15) is 0 Å². The van der Waals surface area contributed by atoms with Crippen molar-refractivity contribution in [2.24, 2.45) is 10.7 Å². The van der Waals surface area contributed by atoms with Gasteiger partial charge in [-0.1, -0.05) is 0 Å². The molecule has 0 unspecified atom stereocenters. The molecule has 0 amide bonds. The Kier molecular flexibility index (Phi) is 3.42. The van der Waals surface area contributed by atoms with Gasteiger partial charge in [0.1, 0.15) is 10.8 Å². The summed E-state index contributed by atoms with van der Waals surface area (Å²) in [5.41, 5.74) is 6.79. The van der Waals surface area contributed by atoms with Crippen LogP contribution in [0.3, 0.4) is 0 Å². The quantitative estimate of drug-likeness (QED) is 0.593. The van der Waals surface area contributed by atoms with Gasteiger partial charge in [-0.05, 0) is 20.8 Å². The van der Waals surface area contributed by atoms with Crippen LogP contribution < -0.4 is 5.73 Å². The number of aliphatic imine (C=N–C) groups is 1. The van der Waals surface area contributed by atoms with Gasteiger partial charge in [-0.15, -0.1) is 11.3 Å². The van der Waals surface area contributed by atoms with E-state index in [1.165, 1.54) is 0 Å². The monoisotopic (exact) mass is 197 g/mol. The van der Waals surface area contributed by atoms with Gasteiger partial charge < -0.3 is 5.73 Å². The number of aryl methyl sites for hydroxylation is 1. The Hall–Kier alpha value is -0.900. The topological polar surface area (TPSA) is 51.3 Å². The van der Waals surface area contributed by atoms with Crippen molar-refractivity contribution in [1.29, 1.82) is 0 Å². The van der Waals surface area contributed by atoms with Crippen molar-refractivity contribution in [2.45, 2.75) is 33.2 Å². The Morgan fingerprint density at radius 3 is 2.85 bits per heavy atom. The maximum Gasteiger partial charge on any atom is 0.101 e. The summed E-state index contributed by atoms with van der Waals surface area (Å²) in [7, 11) is 0. The standard InChI is InChI=1S/C9H15N3S/c1-6(2)11-8(10)4-9-12-7(3)5-13-9/h5-6H,4H2,1-3H3,(H2,10,11). The molecule has 1 aromatic heterocycles. The van der Waals surface area contributed by atoms with Crippen molar-refractivity contribution in [2.75, 3.05) is 0 Å². The Morgan fingerprint density at radius 1 is 1.69 bits per heavy atom. The molecule has 13 heavy (non-hydrogen) atoms. The number of aromatic nitrogens is 1. The van der Waals surface area contributed by atoms with Gasteiger partial charge in [-0.25, -0.2) is 4.98 Å². The summed E-state index contributed by atoms with van der Waals surface area (Å²) in [6.45, 7) is 6.01. The third kappa shape index (κ3) is 3.55. The molecule has 1 aromatic rings. The fourth-order valence-corrected chi connectivity index (χ4v) is 1.80. The van der Waals surface area contributed by atoms with Crippen molar-refractivity contribution in [3.8, 4) is 0 Å². The van der Waals surface area contributed by atoms with Crippen LogP contribution in [0.15, 0.2) is 10.4 Å². The lowest BCUT2D eigenvalue weighted by Gasteiger charge is -2.00. The van der Waals surface area contributed by atoms with Crippen molar-refractivity contribution in [1.82, 2.24) is 4.98 Å². The highest BCUT2D eigenvalue weighted by molar-refractivity contribution is 7.09. The highest BCUT2D eigenvalue weighted by Gasteiger charge is 2.01. The van der Waals surface area contributed by atoms with E-state index in [0.717, 1.165) is 10.7 Å². The molecule has 72 valence electrons. The highest BCUT2D eigenvalue weighted by Crippen LogP contribution is 2.09. The first-order chi connectivity index (χ1) is 6.08. The molecule has 0 aliphatic rings. The summed E-state index contributed by atoms with van der Waals surface area (Å²) in [5.74, 6) is 0.671. The molecule has 0 aliphatic heterocycles. The Balaban J connectivity index is 2.59. The van der Waals surface area contributed by atoms with Crippen molar-refractivity contribution in [3.05, 3.63) is 16.1 Å². The number of hydrogen-bond acceptors (Lipinski definition) is 3. The molecule has 4 heteroatoms. The van der Waals surface area contributed by atoms with E-state index in [9.17, 15) is 0 Å². The van der Waals surface area contributed by atoms with E-state index < -0.39 is 0 Å². The number of hydrogen-bond donors (Lipinski definition) is 1. The largest absolute Gasteiger partial charge is 0.387 e. The number of amidine groups is 1. The SMILES string of the molecule is Cc1csc(CC(N)=NC(C)C)n1. The maximum atomic E-state index is 5.73. The molecular formula is C9H15N3S. The first-order valence-corrected chi connectivity index (χ1v) is 5.19. The summed E-state index contributed by atoms with van der Waals surface area (Å²) in [5, 5.41) is 3.07. The van der Waals surface area contributed by atoms with E-state index in [4.69, 9.17) is 5.73 Å². The predicted molar refractivity (Wildman–Crippen MR) is 57.3 cm³/mol. The molecule has 0 fully saturated rings. The minimum atomic E-state index is 0.265. The third-order valence-electron chi connectivity index (χ3n) is 1.42. The summed E-state index contributed by atoms with van der Waals surface area (Å²) < 4.78 is 0. The van der Waals surface area contributed by atoms with Crippen LogP contribution in [0.1, 0.15) is 24.5 Å². The number of thiazole rings is 1. The number of rotatable bonds is 3. The van der Waals surface area contributed by atoms with E-state index >= 15 is 0 Å². The summed E-state index contributed by atoms with van der Waals surface area (Å²) in [6, 6.07) is 0.265. The Bertz CT molecular complexity index is 302. The van der Waals surface area contributed by atoms with Gasteiger partial charge in [0.05, 0.1) is 6.42 Å². The van der Waals surface area contributed by atoms with Gasteiger partial charge in [0, 0.05) is 17.1 Å². The first kappa shape index (κ1) is 10.2. The molecule has 1 rings (SSSR count). The zero-order valence-corrected chi connectivity index (χ0v) is 9.06. The van der Waals surface area contributed by atoms with Gasteiger partial charge in [0.15, 0.2) is 0 Å². The van der Waals surface area contributed by atoms with E-state index in [-0.39, 0.29) is 6.04 Å². The fourth-order valence-electron chi connectivity index (χ4n) is 1.02. The molecule has 0 aromatic carbocycles. The van der Waals surface area contributed by atoms with E-state index in [1.807, 2.05) is 26.2 Å². The van der Waals surface area contributed by atoms with Crippen LogP contribution in [-0.2, 0) is 6.42 Å².